The van der Waals surface area contributed by atoms with Gasteiger partial charge in [-0.3, -0.25) is 0 Å². The minimum atomic E-state index is -4.31. The summed E-state index contributed by atoms with van der Waals surface area (Å²) >= 11 is 1.43. The second-order valence-corrected chi connectivity index (χ2v) is 5.35. The van der Waals surface area contributed by atoms with Gasteiger partial charge in [0.1, 0.15) is 12.4 Å². The lowest BCUT2D eigenvalue weighted by atomic mass is 10.1. The Kier molecular flexibility index (Phi) is 3.18. The molecule has 0 spiro atoms. The number of halogens is 3. The molecule has 0 saturated carbocycles. The molecule has 3 aromatic rings. The van der Waals surface area contributed by atoms with E-state index in [2.05, 4.69) is 10.3 Å². The van der Waals surface area contributed by atoms with Crippen molar-refractivity contribution in [3.8, 4) is 6.07 Å². The fraction of sp³-hybridized carbons (Fsp3) is 0.143. The maximum absolute atomic E-state index is 12.4. The van der Waals surface area contributed by atoms with Crippen molar-refractivity contribution < 1.29 is 13.2 Å². The fourth-order valence-corrected chi connectivity index (χ4v) is 3.02. The van der Waals surface area contributed by atoms with Gasteiger partial charge in [0.25, 0.3) is 0 Å². The molecule has 1 N–H and O–H groups in total. The lowest BCUT2D eigenvalue weighted by molar-refractivity contribution is -0.115. The third-order valence-corrected chi connectivity index (χ3v) is 3.93. The zero-order valence-electron chi connectivity index (χ0n) is 10.5. The molecule has 2 heterocycles. The minimum absolute atomic E-state index is 0.186. The number of hydrogen-bond acceptors (Lipinski definition) is 4. The molecule has 0 amide bonds. The van der Waals surface area contributed by atoms with E-state index in [9.17, 15) is 13.2 Å². The van der Waals surface area contributed by atoms with Gasteiger partial charge in [-0.1, -0.05) is 6.07 Å². The van der Waals surface area contributed by atoms with Crippen molar-refractivity contribution in [3.63, 3.8) is 0 Å². The number of nitrogens with one attached hydrogen (secondary N) is 1. The normalized spacial score (nSPS) is 11.7. The first-order valence-corrected chi connectivity index (χ1v) is 6.87. The van der Waals surface area contributed by atoms with Crippen molar-refractivity contribution in [2.24, 2.45) is 0 Å². The van der Waals surface area contributed by atoms with E-state index in [1.54, 1.807) is 24.3 Å². The van der Waals surface area contributed by atoms with Crippen LogP contribution in [0, 0.1) is 11.3 Å². The predicted octanol–water partition coefficient (Wildman–Crippen LogP) is 4.30. The molecule has 3 nitrogen and oxygen atoms in total. The molecule has 106 valence electrons. The molecule has 21 heavy (non-hydrogen) atoms. The van der Waals surface area contributed by atoms with Gasteiger partial charge in [0, 0.05) is 15.5 Å². The van der Waals surface area contributed by atoms with Crippen LogP contribution in [-0.2, 0) is 0 Å². The quantitative estimate of drug-likeness (QED) is 0.768. The summed E-state index contributed by atoms with van der Waals surface area (Å²) in [4.78, 5) is 4.23. The number of hydrogen-bond donors (Lipinski definition) is 1. The number of aromatic nitrogens is 1. The van der Waals surface area contributed by atoms with Gasteiger partial charge in [-0.2, -0.15) is 18.4 Å². The highest BCUT2D eigenvalue weighted by atomic mass is 32.1. The van der Waals surface area contributed by atoms with Crippen LogP contribution in [0.25, 0.3) is 21.0 Å². The Hall–Kier alpha value is -2.33. The van der Waals surface area contributed by atoms with E-state index in [0.29, 0.717) is 16.5 Å². The third kappa shape index (κ3) is 2.62. The van der Waals surface area contributed by atoms with Crippen molar-refractivity contribution in [1.29, 1.82) is 5.26 Å². The summed E-state index contributed by atoms with van der Waals surface area (Å²) in [5.74, 6) is 0.186. The Morgan fingerprint density at radius 2 is 2.05 bits per heavy atom. The Morgan fingerprint density at radius 1 is 1.24 bits per heavy atom. The number of fused-ring (bicyclic) bond motifs is 3. The van der Waals surface area contributed by atoms with Gasteiger partial charge in [-0.25, -0.2) is 4.98 Å². The zero-order valence-corrected chi connectivity index (χ0v) is 11.3. The zero-order chi connectivity index (χ0) is 15.0. The van der Waals surface area contributed by atoms with Gasteiger partial charge in [0.15, 0.2) is 0 Å². The van der Waals surface area contributed by atoms with Crippen LogP contribution in [0.2, 0.25) is 0 Å². The predicted molar refractivity (Wildman–Crippen MR) is 76.4 cm³/mol. The van der Waals surface area contributed by atoms with E-state index in [1.165, 1.54) is 11.3 Å². The van der Waals surface area contributed by atoms with Crippen LogP contribution in [0.15, 0.2) is 29.6 Å². The van der Waals surface area contributed by atoms with Gasteiger partial charge in [0.2, 0.25) is 0 Å². The van der Waals surface area contributed by atoms with Crippen LogP contribution in [-0.4, -0.2) is 17.7 Å². The van der Waals surface area contributed by atoms with E-state index in [0.717, 1.165) is 10.1 Å². The molecule has 2 aromatic heterocycles. The molecule has 0 saturated heterocycles. The van der Waals surface area contributed by atoms with Crippen LogP contribution in [0.1, 0.15) is 5.56 Å². The first-order chi connectivity index (χ1) is 9.98. The SMILES string of the molecule is N#Cc1ccc2c(c1)nc(NCC(F)(F)F)c1ccsc12. The number of benzene rings is 1. The van der Waals surface area contributed by atoms with E-state index in [4.69, 9.17) is 5.26 Å². The Morgan fingerprint density at radius 3 is 2.76 bits per heavy atom. The highest BCUT2D eigenvalue weighted by Gasteiger charge is 2.27. The highest BCUT2D eigenvalue weighted by molar-refractivity contribution is 7.18. The molecule has 3 rings (SSSR count). The molecule has 0 bridgehead atoms. The van der Waals surface area contributed by atoms with Crippen LogP contribution < -0.4 is 5.32 Å². The van der Waals surface area contributed by atoms with Crippen molar-refractivity contribution in [2.45, 2.75) is 6.18 Å². The Bertz CT molecular complexity index is 861. The lowest BCUT2D eigenvalue weighted by Gasteiger charge is -2.11. The van der Waals surface area contributed by atoms with Gasteiger partial charge in [0.05, 0.1) is 17.1 Å². The maximum atomic E-state index is 12.4. The summed E-state index contributed by atoms with van der Waals surface area (Å²) in [6, 6.07) is 8.76. The van der Waals surface area contributed by atoms with Crippen LogP contribution >= 0.6 is 11.3 Å². The summed E-state index contributed by atoms with van der Waals surface area (Å²) in [6.45, 7) is -1.14. The first kappa shape index (κ1) is 13.6. The number of nitriles is 1. The smallest absolute Gasteiger partial charge is 0.361 e. The number of alkyl halides is 3. The fourth-order valence-electron chi connectivity index (χ4n) is 2.09. The molecule has 0 atom stereocenters. The third-order valence-electron chi connectivity index (χ3n) is 2.98. The number of anilines is 1. The Balaban J connectivity index is 2.17. The molecule has 0 aliphatic rings. The van der Waals surface area contributed by atoms with E-state index in [-0.39, 0.29) is 5.82 Å². The molecule has 7 heteroatoms. The lowest BCUT2D eigenvalue weighted by Crippen LogP contribution is -2.21. The van der Waals surface area contributed by atoms with Crippen LogP contribution in [0.4, 0.5) is 19.0 Å². The van der Waals surface area contributed by atoms with Crippen molar-refractivity contribution in [1.82, 2.24) is 4.98 Å². The van der Waals surface area contributed by atoms with Crippen LogP contribution in [0.5, 0.6) is 0 Å². The monoisotopic (exact) mass is 307 g/mol. The summed E-state index contributed by atoms with van der Waals surface area (Å²) in [5.41, 5.74) is 0.932. The second-order valence-electron chi connectivity index (χ2n) is 4.44. The van der Waals surface area contributed by atoms with Crippen molar-refractivity contribution in [2.75, 3.05) is 11.9 Å². The topological polar surface area (TPSA) is 48.7 Å². The number of nitrogens with zero attached hydrogens (tertiary/aromatic N) is 2. The summed E-state index contributed by atoms with van der Waals surface area (Å²) in [7, 11) is 0. The summed E-state index contributed by atoms with van der Waals surface area (Å²) < 4.78 is 38.0. The Labute approximate surface area is 121 Å². The molecular formula is C14H8F3N3S. The second kappa shape index (κ2) is 4.90. The number of rotatable bonds is 2. The molecule has 0 unspecified atom stereocenters. The molecular weight excluding hydrogens is 299 g/mol. The average Bonchev–Trinajstić information content (AvgIpc) is 2.92. The first-order valence-electron chi connectivity index (χ1n) is 5.99. The standard InChI is InChI=1S/C14H8F3N3S/c15-14(16,17)7-19-13-10-3-4-21-12(10)9-2-1-8(6-18)5-11(9)20-13/h1-5H,7H2,(H,19,20). The molecule has 1 aromatic carbocycles. The minimum Gasteiger partial charge on any atom is -0.361 e. The van der Waals surface area contributed by atoms with Gasteiger partial charge in [-0.05, 0) is 23.6 Å². The number of pyridine rings is 1. The largest absolute Gasteiger partial charge is 0.405 e. The number of thiophene rings is 1. The highest BCUT2D eigenvalue weighted by Crippen LogP contribution is 2.34. The van der Waals surface area contributed by atoms with Gasteiger partial charge < -0.3 is 5.32 Å². The van der Waals surface area contributed by atoms with Gasteiger partial charge >= 0.3 is 6.18 Å². The molecule has 0 fully saturated rings. The van der Waals surface area contributed by atoms with E-state index >= 15 is 0 Å². The molecule has 0 aliphatic carbocycles. The van der Waals surface area contributed by atoms with E-state index < -0.39 is 12.7 Å². The van der Waals surface area contributed by atoms with Crippen molar-refractivity contribution in [3.05, 3.63) is 35.2 Å². The maximum Gasteiger partial charge on any atom is 0.405 e. The van der Waals surface area contributed by atoms with Crippen LogP contribution in [0.3, 0.4) is 0 Å². The van der Waals surface area contributed by atoms with E-state index in [1.807, 2.05) is 11.4 Å². The van der Waals surface area contributed by atoms with Crippen molar-refractivity contribution >= 4 is 38.1 Å². The average molecular weight is 307 g/mol. The molecule has 0 radical (unpaired) electrons. The summed E-state index contributed by atoms with van der Waals surface area (Å²) in [5, 5.41) is 14.5. The molecule has 0 aliphatic heterocycles. The summed E-state index contributed by atoms with van der Waals surface area (Å²) in [6.07, 6.45) is -4.31. The van der Waals surface area contributed by atoms with Gasteiger partial charge in [-0.15, -0.1) is 11.3 Å².